The van der Waals surface area contributed by atoms with Gasteiger partial charge in [0.05, 0.1) is 0 Å². The number of nitrogens with one attached hydrogen (secondary N) is 3. The lowest BCUT2D eigenvalue weighted by Gasteiger charge is -2.13. The quantitative estimate of drug-likeness (QED) is 0.446. The molecule has 0 aliphatic carbocycles. The van der Waals surface area contributed by atoms with Crippen LogP contribution in [0.15, 0.2) is 53.5 Å². The number of likely N-dealkylation sites (N-methyl/N-ethyl adjacent to an activating group) is 1. The average Bonchev–Trinajstić information content (AvgIpc) is 2.71. The van der Waals surface area contributed by atoms with E-state index in [0.717, 1.165) is 12.1 Å². The summed E-state index contributed by atoms with van der Waals surface area (Å²) in [6.07, 6.45) is 0.565. The molecule has 0 fully saturated rings. The molecule has 6 nitrogen and oxygen atoms in total. The minimum atomic E-state index is -0.196. The molecule has 0 atom stereocenters. The minimum absolute atomic E-state index is 0.0823. The van der Waals surface area contributed by atoms with Crippen LogP contribution in [0.5, 0.6) is 0 Å². The smallest absolute Gasteiger partial charge is 0.251 e. The number of benzene rings is 2. The van der Waals surface area contributed by atoms with Crippen LogP contribution < -0.4 is 16.0 Å². The Labute approximate surface area is 172 Å². The Hall–Kier alpha value is -2.93. The second-order valence-corrected chi connectivity index (χ2v) is 6.95. The highest BCUT2D eigenvalue weighted by Gasteiger charge is 2.07. The molecule has 0 unspecified atom stereocenters. The summed E-state index contributed by atoms with van der Waals surface area (Å²) in [5.41, 5.74) is 2.27. The van der Waals surface area contributed by atoms with Gasteiger partial charge in [0.25, 0.3) is 5.91 Å². The molecular formula is C22H30FN5O. The molecule has 0 saturated carbocycles. The molecular weight excluding hydrogens is 369 g/mol. The summed E-state index contributed by atoms with van der Waals surface area (Å²) in [6, 6.07) is 14.2. The molecule has 0 aliphatic heterocycles. The SMILES string of the molecule is CN=C(NCCc1ccccc1F)NCc1cccc(C(=O)NCCN(C)C)c1. The fourth-order valence-corrected chi connectivity index (χ4v) is 2.74. The molecule has 0 spiro atoms. The number of hydrogen-bond acceptors (Lipinski definition) is 3. The number of guanidine groups is 1. The van der Waals surface area contributed by atoms with Crippen molar-refractivity contribution < 1.29 is 9.18 Å². The van der Waals surface area contributed by atoms with E-state index in [1.165, 1.54) is 6.07 Å². The van der Waals surface area contributed by atoms with E-state index < -0.39 is 0 Å². The van der Waals surface area contributed by atoms with Crippen molar-refractivity contribution in [2.45, 2.75) is 13.0 Å². The summed E-state index contributed by atoms with van der Waals surface area (Å²) in [5.74, 6) is 0.348. The second-order valence-electron chi connectivity index (χ2n) is 6.95. The predicted octanol–water partition coefficient (Wildman–Crippen LogP) is 2.02. The van der Waals surface area contributed by atoms with Gasteiger partial charge in [-0.1, -0.05) is 30.3 Å². The molecule has 7 heteroatoms. The molecule has 2 aromatic carbocycles. The number of amides is 1. The van der Waals surface area contributed by atoms with E-state index in [1.54, 1.807) is 25.2 Å². The Kier molecular flexibility index (Phi) is 9.11. The number of carbonyl (C=O) groups is 1. The molecule has 0 saturated heterocycles. The number of aliphatic imine (C=N–C) groups is 1. The predicted molar refractivity (Wildman–Crippen MR) is 116 cm³/mol. The molecule has 156 valence electrons. The van der Waals surface area contributed by atoms with Crippen LogP contribution in [0.25, 0.3) is 0 Å². The Morgan fingerprint density at radius 2 is 1.83 bits per heavy atom. The largest absolute Gasteiger partial charge is 0.356 e. The van der Waals surface area contributed by atoms with Gasteiger partial charge in [0, 0.05) is 38.8 Å². The highest BCUT2D eigenvalue weighted by atomic mass is 19.1. The van der Waals surface area contributed by atoms with Gasteiger partial charge in [0.1, 0.15) is 5.82 Å². The lowest BCUT2D eigenvalue weighted by molar-refractivity contribution is 0.0951. The maximum atomic E-state index is 13.7. The fraction of sp³-hybridized carbons (Fsp3) is 0.364. The van der Waals surface area contributed by atoms with Gasteiger partial charge >= 0.3 is 0 Å². The standard InChI is InChI=1S/C22H30FN5O/c1-24-22(26-12-11-18-8-4-5-10-20(18)23)27-16-17-7-6-9-19(15-17)21(29)25-13-14-28(2)3/h4-10,15H,11-14,16H2,1-3H3,(H,25,29)(H2,24,26,27). The van der Waals surface area contributed by atoms with Crippen molar-refractivity contribution in [1.82, 2.24) is 20.9 Å². The lowest BCUT2D eigenvalue weighted by Crippen LogP contribution is -2.38. The van der Waals surface area contributed by atoms with Crippen LogP contribution in [-0.4, -0.2) is 57.5 Å². The second kappa shape index (κ2) is 11.8. The summed E-state index contributed by atoms with van der Waals surface area (Å²) in [6.45, 7) is 2.49. The van der Waals surface area contributed by atoms with Crippen molar-refractivity contribution in [1.29, 1.82) is 0 Å². The van der Waals surface area contributed by atoms with Gasteiger partial charge in [-0.2, -0.15) is 0 Å². The van der Waals surface area contributed by atoms with Crippen molar-refractivity contribution in [3.63, 3.8) is 0 Å². The van der Waals surface area contributed by atoms with Gasteiger partial charge in [-0.3, -0.25) is 9.79 Å². The van der Waals surface area contributed by atoms with E-state index in [4.69, 9.17) is 0 Å². The van der Waals surface area contributed by atoms with Crippen LogP contribution in [0.1, 0.15) is 21.5 Å². The zero-order valence-electron chi connectivity index (χ0n) is 17.3. The van der Waals surface area contributed by atoms with E-state index in [2.05, 4.69) is 20.9 Å². The van der Waals surface area contributed by atoms with Crippen LogP contribution in [0.4, 0.5) is 4.39 Å². The number of rotatable bonds is 9. The lowest BCUT2D eigenvalue weighted by atomic mass is 10.1. The Morgan fingerprint density at radius 1 is 1.03 bits per heavy atom. The van der Waals surface area contributed by atoms with Gasteiger partial charge in [0.2, 0.25) is 0 Å². The molecule has 0 aromatic heterocycles. The Balaban J connectivity index is 1.81. The van der Waals surface area contributed by atoms with E-state index >= 15 is 0 Å². The molecule has 0 aliphatic rings. The maximum Gasteiger partial charge on any atom is 0.251 e. The normalized spacial score (nSPS) is 11.4. The van der Waals surface area contributed by atoms with Crippen molar-refractivity contribution >= 4 is 11.9 Å². The fourth-order valence-electron chi connectivity index (χ4n) is 2.74. The van der Waals surface area contributed by atoms with E-state index in [1.807, 2.05) is 43.3 Å². The molecule has 0 heterocycles. The van der Waals surface area contributed by atoms with Crippen LogP contribution in [0, 0.1) is 5.82 Å². The Bertz CT molecular complexity index is 822. The highest BCUT2D eigenvalue weighted by molar-refractivity contribution is 5.94. The zero-order valence-corrected chi connectivity index (χ0v) is 17.3. The number of carbonyl (C=O) groups excluding carboxylic acids is 1. The van der Waals surface area contributed by atoms with E-state index in [-0.39, 0.29) is 11.7 Å². The summed E-state index contributed by atoms with van der Waals surface area (Å²) < 4.78 is 13.7. The van der Waals surface area contributed by atoms with Gasteiger partial charge in [0.15, 0.2) is 5.96 Å². The zero-order chi connectivity index (χ0) is 21.1. The molecule has 0 bridgehead atoms. The van der Waals surface area contributed by atoms with Crippen LogP contribution in [0.2, 0.25) is 0 Å². The Morgan fingerprint density at radius 3 is 2.55 bits per heavy atom. The minimum Gasteiger partial charge on any atom is -0.356 e. The number of hydrogen-bond donors (Lipinski definition) is 3. The monoisotopic (exact) mass is 399 g/mol. The molecule has 2 aromatic rings. The molecule has 3 N–H and O–H groups in total. The number of nitrogens with zero attached hydrogens (tertiary/aromatic N) is 2. The maximum absolute atomic E-state index is 13.7. The molecule has 2 rings (SSSR count). The van der Waals surface area contributed by atoms with Crippen molar-refractivity contribution in [3.8, 4) is 0 Å². The first kappa shape index (κ1) is 22.4. The van der Waals surface area contributed by atoms with Crippen LogP contribution >= 0.6 is 0 Å². The van der Waals surface area contributed by atoms with Gasteiger partial charge in [-0.15, -0.1) is 0 Å². The molecule has 1 amide bonds. The van der Waals surface area contributed by atoms with Crippen LogP contribution in [-0.2, 0) is 13.0 Å². The van der Waals surface area contributed by atoms with Gasteiger partial charge in [-0.05, 0) is 49.8 Å². The van der Waals surface area contributed by atoms with E-state index in [0.29, 0.717) is 43.1 Å². The summed E-state index contributed by atoms with van der Waals surface area (Å²) in [4.78, 5) is 18.5. The number of halogens is 1. The molecule has 0 radical (unpaired) electrons. The molecule has 29 heavy (non-hydrogen) atoms. The third-order valence-corrected chi connectivity index (χ3v) is 4.36. The van der Waals surface area contributed by atoms with Crippen molar-refractivity contribution in [3.05, 3.63) is 71.0 Å². The van der Waals surface area contributed by atoms with Gasteiger partial charge < -0.3 is 20.9 Å². The summed E-state index contributed by atoms with van der Waals surface area (Å²) in [5, 5.41) is 9.31. The van der Waals surface area contributed by atoms with Gasteiger partial charge in [-0.25, -0.2) is 4.39 Å². The summed E-state index contributed by atoms with van der Waals surface area (Å²) in [7, 11) is 5.62. The third-order valence-electron chi connectivity index (χ3n) is 4.36. The van der Waals surface area contributed by atoms with Crippen molar-refractivity contribution in [2.24, 2.45) is 4.99 Å². The highest BCUT2D eigenvalue weighted by Crippen LogP contribution is 2.07. The average molecular weight is 400 g/mol. The van der Waals surface area contributed by atoms with E-state index in [9.17, 15) is 9.18 Å². The summed E-state index contributed by atoms with van der Waals surface area (Å²) >= 11 is 0. The first-order chi connectivity index (χ1) is 14.0. The topological polar surface area (TPSA) is 68.8 Å². The van der Waals surface area contributed by atoms with Crippen LogP contribution in [0.3, 0.4) is 0 Å². The first-order valence-electron chi connectivity index (χ1n) is 9.69. The first-order valence-corrected chi connectivity index (χ1v) is 9.69. The third kappa shape index (κ3) is 7.91. The van der Waals surface area contributed by atoms with Crippen molar-refractivity contribution in [2.75, 3.05) is 40.8 Å².